The molecule has 1 amide bonds. The summed E-state index contributed by atoms with van der Waals surface area (Å²) < 4.78 is 24.4. The highest BCUT2D eigenvalue weighted by Gasteiger charge is 2.28. The van der Waals surface area contributed by atoms with E-state index in [0.29, 0.717) is 32.5 Å². The number of nitrogens with one attached hydrogen (secondary N) is 2. The summed E-state index contributed by atoms with van der Waals surface area (Å²) in [5.41, 5.74) is 2.30. The van der Waals surface area contributed by atoms with Crippen LogP contribution in [-0.4, -0.2) is 49.5 Å². The number of nitrogens with zero attached hydrogens (tertiary/aromatic N) is 1. The lowest BCUT2D eigenvalue weighted by Gasteiger charge is -2.29. The summed E-state index contributed by atoms with van der Waals surface area (Å²) >= 11 is 0. The van der Waals surface area contributed by atoms with Crippen molar-refractivity contribution in [2.75, 3.05) is 25.9 Å². The summed E-state index contributed by atoms with van der Waals surface area (Å²) in [6.45, 7) is 1.45. The van der Waals surface area contributed by atoms with E-state index in [1.165, 1.54) is 21.5 Å². The molecular weight excluding hydrogens is 326 g/mol. The number of rotatable bonds is 5. The predicted octanol–water partition coefficient (Wildman–Crippen LogP) is 1.50. The zero-order chi connectivity index (χ0) is 17.2. The molecule has 0 spiro atoms. The second kappa shape index (κ2) is 6.94. The summed E-state index contributed by atoms with van der Waals surface area (Å²) in [5.74, 6) is -0.0611. The Labute approximate surface area is 142 Å². The molecule has 1 aliphatic rings. The van der Waals surface area contributed by atoms with Gasteiger partial charge in [-0.25, -0.2) is 12.7 Å². The molecule has 1 saturated heterocycles. The number of piperidine rings is 1. The number of benzene rings is 1. The van der Waals surface area contributed by atoms with Crippen LogP contribution in [0.15, 0.2) is 30.5 Å². The highest BCUT2D eigenvalue weighted by molar-refractivity contribution is 7.88. The number of H-pyrrole nitrogens is 1. The lowest BCUT2D eigenvalue weighted by Crippen LogP contribution is -2.42. The first-order chi connectivity index (χ1) is 11.4. The van der Waals surface area contributed by atoms with E-state index in [0.717, 1.165) is 11.9 Å². The Bertz CT molecular complexity index is 820. The van der Waals surface area contributed by atoms with E-state index >= 15 is 0 Å². The Balaban J connectivity index is 1.48. The molecule has 0 saturated carbocycles. The summed E-state index contributed by atoms with van der Waals surface area (Å²) in [5, 5.41) is 4.18. The van der Waals surface area contributed by atoms with Gasteiger partial charge >= 0.3 is 0 Å². The van der Waals surface area contributed by atoms with Gasteiger partial charge in [0.1, 0.15) is 0 Å². The van der Waals surface area contributed by atoms with Crippen molar-refractivity contribution in [3.8, 4) is 0 Å². The lowest BCUT2D eigenvalue weighted by molar-refractivity contribution is -0.126. The van der Waals surface area contributed by atoms with Gasteiger partial charge in [-0.1, -0.05) is 18.2 Å². The Morgan fingerprint density at radius 2 is 2.00 bits per heavy atom. The van der Waals surface area contributed by atoms with Crippen molar-refractivity contribution in [3.63, 3.8) is 0 Å². The SMILES string of the molecule is CS(=O)(=O)N1CCC(C(=O)NCCc2c[nH]c3ccccc23)CC1. The van der Waals surface area contributed by atoms with Gasteiger partial charge in [-0.15, -0.1) is 0 Å². The number of amides is 1. The van der Waals surface area contributed by atoms with E-state index in [9.17, 15) is 13.2 Å². The zero-order valence-electron chi connectivity index (χ0n) is 13.8. The smallest absolute Gasteiger partial charge is 0.223 e. The van der Waals surface area contributed by atoms with Crippen LogP contribution in [0.1, 0.15) is 18.4 Å². The second-order valence-corrected chi connectivity index (χ2v) is 8.32. The Morgan fingerprint density at radius 3 is 2.71 bits per heavy atom. The number of hydrogen-bond acceptors (Lipinski definition) is 3. The van der Waals surface area contributed by atoms with Crippen molar-refractivity contribution in [3.05, 3.63) is 36.0 Å². The third-order valence-electron chi connectivity index (χ3n) is 4.66. The average Bonchev–Trinajstić information content (AvgIpc) is 2.97. The number of carbonyl (C=O) groups is 1. The van der Waals surface area contributed by atoms with Crippen molar-refractivity contribution in [2.45, 2.75) is 19.3 Å². The molecule has 0 atom stereocenters. The maximum absolute atomic E-state index is 12.3. The molecule has 2 heterocycles. The van der Waals surface area contributed by atoms with Gasteiger partial charge in [-0.2, -0.15) is 0 Å². The van der Waals surface area contributed by atoms with E-state index in [-0.39, 0.29) is 11.8 Å². The molecule has 7 heteroatoms. The van der Waals surface area contributed by atoms with E-state index in [1.54, 1.807) is 0 Å². The molecule has 1 fully saturated rings. The third-order valence-corrected chi connectivity index (χ3v) is 5.97. The Morgan fingerprint density at radius 1 is 1.29 bits per heavy atom. The molecule has 0 radical (unpaired) electrons. The Hall–Kier alpha value is -1.86. The number of sulfonamides is 1. The third kappa shape index (κ3) is 3.79. The minimum absolute atomic E-state index is 0.0305. The van der Waals surface area contributed by atoms with Crippen molar-refractivity contribution in [1.82, 2.24) is 14.6 Å². The van der Waals surface area contributed by atoms with Crippen LogP contribution in [-0.2, 0) is 21.2 Å². The van der Waals surface area contributed by atoms with Crippen LogP contribution in [0.5, 0.6) is 0 Å². The van der Waals surface area contributed by atoms with E-state index in [1.807, 2.05) is 24.4 Å². The molecule has 2 aromatic rings. The molecule has 1 aliphatic heterocycles. The van der Waals surface area contributed by atoms with Crippen LogP contribution < -0.4 is 5.32 Å². The normalized spacial score (nSPS) is 17.2. The number of para-hydroxylation sites is 1. The van der Waals surface area contributed by atoms with Crippen LogP contribution in [0.2, 0.25) is 0 Å². The topological polar surface area (TPSA) is 82.3 Å². The first kappa shape index (κ1) is 17.0. The summed E-state index contributed by atoms with van der Waals surface area (Å²) in [4.78, 5) is 15.5. The fourth-order valence-electron chi connectivity index (χ4n) is 3.25. The lowest BCUT2D eigenvalue weighted by atomic mass is 9.97. The number of aromatic nitrogens is 1. The van der Waals surface area contributed by atoms with Crippen LogP contribution in [0.25, 0.3) is 10.9 Å². The molecule has 3 rings (SSSR count). The van der Waals surface area contributed by atoms with E-state index in [4.69, 9.17) is 0 Å². The summed E-state index contributed by atoms with van der Waals surface area (Å²) in [6, 6.07) is 8.11. The second-order valence-electron chi connectivity index (χ2n) is 6.34. The van der Waals surface area contributed by atoms with Gasteiger partial charge in [0.25, 0.3) is 0 Å². The van der Waals surface area contributed by atoms with Gasteiger partial charge in [-0.3, -0.25) is 4.79 Å². The highest BCUT2D eigenvalue weighted by atomic mass is 32.2. The number of hydrogen-bond donors (Lipinski definition) is 2. The van der Waals surface area contributed by atoms with Crippen molar-refractivity contribution < 1.29 is 13.2 Å². The molecule has 24 heavy (non-hydrogen) atoms. The van der Waals surface area contributed by atoms with Crippen LogP contribution in [0.3, 0.4) is 0 Å². The van der Waals surface area contributed by atoms with Gasteiger partial charge in [0.05, 0.1) is 6.26 Å². The molecule has 6 nitrogen and oxygen atoms in total. The van der Waals surface area contributed by atoms with Crippen LogP contribution in [0.4, 0.5) is 0 Å². The highest BCUT2D eigenvalue weighted by Crippen LogP contribution is 2.20. The van der Waals surface area contributed by atoms with Crippen LogP contribution >= 0.6 is 0 Å². The van der Waals surface area contributed by atoms with Gasteiger partial charge < -0.3 is 10.3 Å². The first-order valence-electron chi connectivity index (χ1n) is 8.23. The Kier molecular flexibility index (Phi) is 4.91. The molecule has 1 aromatic heterocycles. The molecule has 2 N–H and O–H groups in total. The standard InChI is InChI=1S/C17H23N3O3S/c1-24(22,23)20-10-7-13(8-11-20)17(21)18-9-6-14-12-19-16-5-3-2-4-15(14)16/h2-5,12-13,19H,6-11H2,1H3,(H,18,21). The van der Waals surface area contributed by atoms with Gasteiger partial charge in [0, 0.05) is 42.7 Å². The maximum Gasteiger partial charge on any atom is 0.223 e. The van der Waals surface area contributed by atoms with Crippen molar-refractivity contribution in [2.24, 2.45) is 5.92 Å². The van der Waals surface area contributed by atoms with Crippen LogP contribution in [0, 0.1) is 5.92 Å². The number of fused-ring (bicyclic) bond motifs is 1. The van der Waals surface area contributed by atoms with Crippen molar-refractivity contribution in [1.29, 1.82) is 0 Å². The fourth-order valence-corrected chi connectivity index (χ4v) is 4.13. The quantitative estimate of drug-likeness (QED) is 0.858. The number of aromatic amines is 1. The summed E-state index contributed by atoms with van der Waals surface area (Å²) in [7, 11) is -3.14. The monoisotopic (exact) mass is 349 g/mol. The van der Waals surface area contributed by atoms with Gasteiger partial charge in [0.2, 0.25) is 15.9 Å². The minimum atomic E-state index is -3.14. The van der Waals surface area contributed by atoms with E-state index < -0.39 is 10.0 Å². The first-order valence-corrected chi connectivity index (χ1v) is 10.1. The predicted molar refractivity (Wildman–Crippen MR) is 94.2 cm³/mol. The molecule has 0 unspecified atom stereocenters. The maximum atomic E-state index is 12.3. The molecular formula is C17H23N3O3S. The zero-order valence-corrected chi connectivity index (χ0v) is 14.6. The van der Waals surface area contributed by atoms with Gasteiger partial charge in [-0.05, 0) is 30.9 Å². The van der Waals surface area contributed by atoms with Crippen molar-refractivity contribution >= 4 is 26.8 Å². The molecule has 1 aromatic carbocycles. The molecule has 0 aliphatic carbocycles. The number of carbonyl (C=O) groups excluding carboxylic acids is 1. The minimum Gasteiger partial charge on any atom is -0.361 e. The summed E-state index contributed by atoms with van der Waals surface area (Å²) in [6.07, 6.45) is 5.16. The average molecular weight is 349 g/mol. The fraction of sp³-hybridized carbons (Fsp3) is 0.471. The van der Waals surface area contributed by atoms with Gasteiger partial charge in [0.15, 0.2) is 0 Å². The largest absolute Gasteiger partial charge is 0.361 e. The molecule has 0 bridgehead atoms. The van der Waals surface area contributed by atoms with E-state index in [2.05, 4.69) is 16.4 Å². The molecule has 130 valence electrons.